The molecule has 1 heterocycles. The van der Waals surface area contributed by atoms with Crippen molar-refractivity contribution in [3.8, 4) is 0 Å². The Bertz CT molecular complexity index is 470. The largest absolute Gasteiger partial charge is 0.392 e. The van der Waals surface area contributed by atoms with Gasteiger partial charge in [-0.1, -0.05) is 12.8 Å². The zero-order valence-corrected chi connectivity index (χ0v) is 11.3. The van der Waals surface area contributed by atoms with Crippen LogP contribution in [0.25, 0.3) is 0 Å². The van der Waals surface area contributed by atoms with Gasteiger partial charge in [0.1, 0.15) is 0 Å². The van der Waals surface area contributed by atoms with E-state index in [2.05, 4.69) is 15.5 Å². The molecule has 1 fully saturated rings. The molecule has 0 radical (unpaired) electrons. The molecule has 0 bridgehead atoms. The van der Waals surface area contributed by atoms with E-state index in [0.29, 0.717) is 19.3 Å². The summed E-state index contributed by atoms with van der Waals surface area (Å²) in [7, 11) is 0. The molecule has 0 aromatic carbocycles. The number of H-pyrrole nitrogens is 1. The summed E-state index contributed by atoms with van der Waals surface area (Å²) in [6.45, 7) is 2.01. The second-order valence-electron chi connectivity index (χ2n) is 5.28. The van der Waals surface area contributed by atoms with Crippen LogP contribution in [0.5, 0.6) is 0 Å². The Kier molecular flexibility index (Phi) is 4.35. The van der Waals surface area contributed by atoms with Crippen molar-refractivity contribution in [2.75, 3.05) is 0 Å². The first-order chi connectivity index (χ1) is 9.39. The third-order valence-electron chi connectivity index (χ3n) is 3.91. The Morgan fingerprint density at radius 1 is 1.45 bits per heavy atom. The van der Waals surface area contributed by atoms with E-state index >= 15 is 0 Å². The maximum atomic E-state index is 12.9. The minimum Gasteiger partial charge on any atom is -0.352 e. The fourth-order valence-corrected chi connectivity index (χ4v) is 2.70. The first-order valence-electron chi connectivity index (χ1n) is 6.73. The SMILES string of the molecule is Cc1[nH]ncc1CNC(=O)C1CCCCC1C(F)(F)F. The van der Waals surface area contributed by atoms with Crippen LogP contribution in [0.2, 0.25) is 0 Å². The predicted molar refractivity (Wildman–Crippen MR) is 66.7 cm³/mol. The summed E-state index contributed by atoms with van der Waals surface area (Å²) in [4.78, 5) is 12.0. The normalized spacial score (nSPS) is 23.6. The fourth-order valence-electron chi connectivity index (χ4n) is 2.70. The summed E-state index contributed by atoms with van der Waals surface area (Å²) in [5.41, 5.74) is 1.60. The van der Waals surface area contributed by atoms with Crippen molar-refractivity contribution < 1.29 is 18.0 Å². The number of carbonyl (C=O) groups is 1. The van der Waals surface area contributed by atoms with Crippen LogP contribution in [0.4, 0.5) is 13.2 Å². The summed E-state index contributed by atoms with van der Waals surface area (Å²) in [5, 5.41) is 9.13. The quantitative estimate of drug-likeness (QED) is 0.899. The highest BCUT2D eigenvalue weighted by atomic mass is 19.4. The van der Waals surface area contributed by atoms with Crippen LogP contribution in [0, 0.1) is 18.8 Å². The number of halogens is 3. The van der Waals surface area contributed by atoms with Crippen LogP contribution < -0.4 is 5.32 Å². The first kappa shape index (κ1) is 14.9. The van der Waals surface area contributed by atoms with E-state index in [1.54, 1.807) is 13.1 Å². The molecule has 20 heavy (non-hydrogen) atoms. The minimum atomic E-state index is -4.30. The van der Waals surface area contributed by atoms with E-state index in [0.717, 1.165) is 11.3 Å². The van der Waals surface area contributed by atoms with Gasteiger partial charge in [0.2, 0.25) is 5.91 Å². The maximum Gasteiger partial charge on any atom is 0.392 e. The van der Waals surface area contributed by atoms with E-state index < -0.39 is 23.9 Å². The third-order valence-corrected chi connectivity index (χ3v) is 3.91. The molecule has 1 aromatic rings. The Labute approximate surface area is 115 Å². The van der Waals surface area contributed by atoms with Crippen molar-refractivity contribution >= 4 is 5.91 Å². The van der Waals surface area contributed by atoms with E-state index in [1.807, 2.05) is 0 Å². The number of alkyl halides is 3. The summed E-state index contributed by atoms with van der Waals surface area (Å²) >= 11 is 0. The summed E-state index contributed by atoms with van der Waals surface area (Å²) in [6.07, 6.45) is -1.16. The number of hydrogen-bond donors (Lipinski definition) is 2. The number of rotatable bonds is 3. The van der Waals surface area contributed by atoms with Gasteiger partial charge in [0.05, 0.1) is 12.1 Å². The molecular weight excluding hydrogens is 271 g/mol. The standard InChI is InChI=1S/C13H18F3N3O/c1-8-9(7-18-19-8)6-17-12(20)10-4-2-3-5-11(10)13(14,15)16/h7,10-11H,2-6H2,1H3,(H,17,20)(H,18,19). The second-order valence-corrected chi connectivity index (χ2v) is 5.28. The average Bonchev–Trinajstić information content (AvgIpc) is 2.80. The van der Waals surface area contributed by atoms with Gasteiger partial charge in [0.25, 0.3) is 0 Å². The second kappa shape index (κ2) is 5.85. The lowest BCUT2D eigenvalue weighted by molar-refractivity contribution is -0.198. The highest BCUT2D eigenvalue weighted by Crippen LogP contribution is 2.41. The van der Waals surface area contributed by atoms with Crippen LogP contribution in [0.1, 0.15) is 36.9 Å². The van der Waals surface area contributed by atoms with Crippen LogP contribution in [-0.2, 0) is 11.3 Å². The molecule has 0 saturated heterocycles. The Morgan fingerprint density at radius 3 is 2.75 bits per heavy atom. The molecule has 2 atom stereocenters. The van der Waals surface area contributed by atoms with Crippen LogP contribution >= 0.6 is 0 Å². The first-order valence-corrected chi connectivity index (χ1v) is 6.73. The van der Waals surface area contributed by atoms with Crippen molar-refractivity contribution in [2.45, 2.75) is 45.3 Å². The highest BCUT2D eigenvalue weighted by Gasteiger charge is 2.47. The molecular formula is C13H18F3N3O. The number of aryl methyl sites for hydroxylation is 1. The van der Waals surface area contributed by atoms with Crippen molar-refractivity contribution in [1.82, 2.24) is 15.5 Å². The van der Waals surface area contributed by atoms with Gasteiger partial charge in [0.15, 0.2) is 0 Å². The molecule has 0 aliphatic heterocycles. The van der Waals surface area contributed by atoms with Crippen LogP contribution in [0.3, 0.4) is 0 Å². The van der Waals surface area contributed by atoms with E-state index in [9.17, 15) is 18.0 Å². The van der Waals surface area contributed by atoms with Crippen LogP contribution in [0.15, 0.2) is 6.20 Å². The fraction of sp³-hybridized carbons (Fsp3) is 0.692. The lowest BCUT2D eigenvalue weighted by Crippen LogP contribution is -2.42. The third kappa shape index (κ3) is 3.32. The summed E-state index contributed by atoms with van der Waals surface area (Å²) in [6, 6.07) is 0. The summed E-state index contributed by atoms with van der Waals surface area (Å²) in [5.74, 6) is -2.98. The van der Waals surface area contributed by atoms with Gasteiger partial charge in [-0.15, -0.1) is 0 Å². The lowest BCUT2D eigenvalue weighted by Gasteiger charge is -2.31. The van der Waals surface area contributed by atoms with E-state index in [4.69, 9.17) is 0 Å². The number of nitrogens with zero attached hydrogens (tertiary/aromatic N) is 1. The molecule has 0 spiro atoms. The molecule has 1 aliphatic carbocycles. The van der Waals surface area contributed by atoms with Gasteiger partial charge < -0.3 is 5.32 Å². The number of nitrogens with one attached hydrogen (secondary N) is 2. The molecule has 1 aromatic heterocycles. The van der Waals surface area contributed by atoms with Gasteiger partial charge >= 0.3 is 6.18 Å². The molecule has 7 heteroatoms. The Hall–Kier alpha value is -1.53. The van der Waals surface area contributed by atoms with E-state index in [-0.39, 0.29) is 13.0 Å². The zero-order chi connectivity index (χ0) is 14.8. The minimum absolute atomic E-state index is 0.0479. The number of amides is 1. The molecule has 2 rings (SSSR count). The Balaban J connectivity index is 1.98. The summed E-state index contributed by atoms with van der Waals surface area (Å²) < 4.78 is 38.8. The maximum absolute atomic E-state index is 12.9. The number of aromatic amines is 1. The van der Waals surface area contributed by atoms with Gasteiger partial charge in [-0.3, -0.25) is 9.89 Å². The van der Waals surface area contributed by atoms with Gasteiger partial charge in [-0.25, -0.2) is 0 Å². The topological polar surface area (TPSA) is 57.8 Å². The number of aromatic nitrogens is 2. The van der Waals surface area contributed by atoms with Crippen molar-refractivity contribution in [1.29, 1.82) is 0 Å². The molecule has 1 aliphatic rings. The Morgan fingerprint density at radius 2 is 2.15 bits per heavy atom. The smallest absolute Gasteiger partial charge is 0.352 e. The zero-order valence-electron chi connectivity index (χ0n) is 11.3. The van der Waals surface area contributed by atoms with Crippen molar-refractivity contribution in [3.05, 3.63) is 17.5 Å². The molecule has 4 nitrogen and oxygen atoms in total. The van der Waals surface area contributed by atoms with E-state index in [1.165, 1.54) is 0 Å². The van der Waals surface area contributed by atoms with Gasteiger partial charge in [0, 0.05) is 23.7 Å². The molecule has 1 saturated carbocycles. The van der Waals surface area contributed by atoms with Crippen molar-refractivity contribution in [3.63, 3.8) is 0 Å². The molecule has 112 valence electrons. The predicted octanol–water partition coefficient (Wildman–Crippen LogP) is 2.70. The lowest BCUT2D eigenvalue weighted by atomic mass is 9.78. The highest BCUT2D eigenvalue weighted by molar-refractivity contribution is 5.79. The molecule has 2 N–H and O–H groups in total. The molecule has 1 amide bonds. The van der Waals surface area contributed by atoms with Gasteiger partial charge in [-0.05, 0) is 19.8 Å². The van der Waals surface area contributed by atoms with Crippen LogP contribution in [-0.4, -0.2) is 22.3 Å². The number of hydrogen-bond acceptors (Lipinski definition) is 2. The number of carbonyl (C=O) groups excluding carboxylic acids is 1. The van der Waals surface area contributed by atoms with Crippen molar-refractivity contribution in [2.24, 2.45) is 11.8 Å². The van der Waals surface area contributed by atoms with Gasteiger partial charge in [-0.2, -0.15) is 18.3 Å². The average molecular weight is 289 g/mol. The molecule has 2 unspecified atom stereocenters. The monoisotopic (exact) mass is 289 g/mol.